The molecular weight excluding hydrogens is 202 g/mol. The zero-order chi connectivity index (χ0) is 11.8. The average Bonchev–Trinajstić information content (AvgIpc) is 2.80. The second-order valence-corrected chi connectivity index (χ2v) is 4.34. The summed E-state index contributed by atoms with van der Waals surface area (Å²) in [5, 5.41) is 3.37. The van der Waals surface area contributed by atoms with Gasteiger partial charge in [-0.3, -0.25) is 4.99 Å². The second-order valence-electron chi connectivity index (χ2n) is 4.34. The molecule has 1 unspecified atom stereocenters. The van der Waals surface area contributed by atoms with E-state index in [9.17, 15) is 0 Å². The molecule has 0 radical (unpaired) electrons. The molecule has 4 heteroatoms. The first-order valence-corrected chi connectivity index (χ1v) is 6.31. The Morgan fingerprint density at radius 3 is 2.94 bits per heavy atom. The van der Waals surface area contributed by atoms with Gasteiger partial charge in [0.05, 0.1) is 6.10 Å². The van der Waals surface area contributed by atoms with Crippen LogP contribution in [0.3, 0.4) is 0 Å². The highest BCUT2D eigenvalue weighted by Gasteiger charge is 2.16. The van der Waals surface area contributed by atoms with Crippen LogP contribution in [0, 0.1) is 0 Å². The number of aliphatic imine (C=N–C) groups is 1. The molecule has 1 aliphatic heterocycles. The number of rotatable bonds is 5. The molecule has 94 valence electrons. The zero-order valence-corrected chi connectivity index (χ0v) is 10.8. The monoisotopic (exact) mass is 227 g/mol. The van der Waals surface area contributed by atoms with Crippen LogP contribution < -0.4 is 5.32 Å². The summed E-state index contributed by atoms with van der Waals surface area (Å²) in [5.74, 6) is 0.976. The maximum Gasteiger partial charge on any atom is 0.193 e. The normalized spacial score (nSPS) is 21.2. The largest absolute Gasteiger partial charge is 0.376 e. The van der Waals surface area contributed by atoms with Gasteiger partial charge in [0, 0.05) is 33.8 Å². The fourth-order valence-electron chi connectivity index (χ4n) is 1.90. The molecule has 1 saturated heterocycles. The molecule has 1 N–H and O–H groups in total. The standard InChI is InChI=1S/C12H25N3O/c1-4-5-8-15(3)12(13-2)14-10-11-7-6-9-16-11/h11H,4-10H2,1-3H3,(H,13,14). The van der Waals surface area contributed by atoms with Gasteiger partial charge >= 0.3 is 0 Å². The van der Waals surface area contributed by atoms with E-state index in [1.165, 1.54) is 25.7 Å². The molecule has 4 nitrogen and oxygen atoms in total. The van der Waals surface area contributed by atoms with Gasteiger partial charge in [0.2, 0.25) is 0 Å². The van der Waals surface area contributed by atoms with Crippen molar-refractivity contribution >= 4 is 5.96 Å². The van der Waals surface area contributed by atoms with Gasteiger partial charge in [-0.05, 0) is 19.3 Å². The van der Waals surface area contributed by atoms with E-state index >= 15 is 0 Å². The predicted octanol–water partition coefficient (Wildman–Crippen LogP) is 1.47. The highest BCUT2D eigenvalue weighted by atomic mass is 16.5. The molecule has 0 bridgehead atoms. The van der Waals surface area contributed by atoms with E-state index in [0.717, 1.165) is 25.7 Å². The van der Waals surface area contributed by atoms with E-state index < -0.39 is 0 Å². The maximum atomic E-state index is 5.57. The summed E-state index contributed by atoms with van der Waals surface area (Å²) in [7, 11) is 3.92. The minimum atomic E-state index is 0.372. The van der Waals surface area contributed by atoms with Crippen molar-refractivity contribution < 1.29 is 4.74 Å². The van der Waals surface area contributed by atoms with E-state index in [2.05, 4.69) is 29.2 Å². The Kier molecular flexibility index (Phi) is 6.23. The average molecular weight is 227 g/mol. The Bertz CT molecular complexity index is 212. The van der Waals surface area contributed by atoms with Crippen molar-refractivity contribution in [1.82, 2.24) is 10.2 Å². The van der Waals surface area contributed by atoms with Crippen molar-refractivity contribution in [2.75, 3.05) is 33.8 Å². The van der Waals surface area contributed by atoms with Crippen LogP contribution in [0.2, 0.25) is 0 Å². The van der Waals surface area contributed by atoms with E-state index in [4.69, 9.17) is 4.74 Å². The van der Waals surface area contributed by atoms with Crippen LogP contribution in [0.25, 0.3) is 0 Å². The molecule has 1 rings (SSSR count). The Morgan fingerprint density at radius 2 is 2.38 bits per heavy atom. The fourth-order valence-corrected chi connectivity index (χ4v) is 1.90. The number of hydrogen-bond donors (Lipinski definition) is 1. The van der Waals surface area contributed by atoms with Crippen LogP contribution in [0.4, 0.5) is 0 Å². The molecule has 0 aromatic carbocycles. The molecule has 0 saturated carbocycles. The van der Waals surface area contributed by atoms with Crippen molar-refractivity contribution in [2.45, 2.75) is 38.7 Å². The van der Waals surface area contributed by atoms with Gasteiger partial charge in [0.1, 0.15) is 0 Å². The smallest absolute Gasteiger partial charge is 0.193 e. The van der Waals surface area contributed by atoms with Gasteiger partial charge in [-0.1, -0.05) is 13.3 Å². The van der Waals surface area contributed by atoms with E-state index in [-0.39, 0.29) is 0 Å². The van der Waals surface area contributed by atoms with Crippen molar-refractivity contribution in [1.29, 1.82) is 0 Å². The lowest BCUT2D eigenvalue weighted by Gasteiger charge is -2.23. The molecule has 0 aromatic rings. The van der Waals surface area contributed by atoms with Gasteiger partial charge < -0.3 is 15.0 Å². The van der Waals surface area contributed by atoms with Crippen LogP contribution in [-0.2, 0) is 4.74 Å². The van der Waals surface area contributed by atoms with Crippen LogP contribution >= 0.6 is 0 Å². The predicted molar refractivity (Wildman–Crippen MR) is 67.9 cm³/mol. The van der Waals surface area contributed by atoms with Gasteiger partial charge in [0.25, 0.3) is 0 Å². The molecule has 0 amide bonds. The Balaban J connectivity index is 2.25. The SMILES string of the molecule is CCCCN(C)C(=NC)NCC1CCCO1. The van der Waals surface area contributed by atoms with Crippen molar-refractivity contribution in [3.8, 4) is 0 Å². The van der Waals surface area contributed by atoms with Crippen molar-refractivity contribution in [2.24, 2.45) is 4.99 Å². The number of ether oxygens (including phenoxy) is 1. The number of nitrogens with zero attached hydrogens (tertiary/aromatic N) is 2. The minimum Gasteiger partial charge on any atom is -0.376 e. The molecular formula is C12H25N3O. The molecule has 16 heavy (non-hydrogen) atoms. The summed E-state index contributed by atoms with van der Waals surface area (Å²) in [5.41, 5.74) is 0. The number of unbranched alkanes of at least 4 members (excludes halogenated alkanes) is 1. The molecule has 0 aromatic heterocycles. The third-order valence-corrected chi connectivity index (χ3v) is 2.93. The lowest BCUT2D eigenvalue weighted by Crippen LogP contribution is -2.42. The van der Waals surface area contributed by atoms with E-state index in [1.807, 2.05) is 7.05 Å². The van der Waals surface area contributed by atoms with Crippen molar-refractivity contribution in [3.63, 3.8) is 0 Å². The quantitative estimate of drug-likeness (QED) is 0.571. The van der Waals surface area contributed by atoms with E-state index in [0.29, 0.717) is 6.10 Å². The van der Waals surface area contributed by atoms with Gasteiger partial charge in [-0.2, -0.15) is 0 Å². The van der Waals surface area contributed by atoms with Crippen LogP contribution in [-0.4, -0.2) is 50.8 Å². The summed E-state index contributed by atoms with van der Waals surface area (Å²) in [6.45, 7) is 5.05. The summed E-state index contributed by atoms with van der Waals surface area (Å²) < 4.78 is 5.57. The van der Waals surface area contributed by atoms with Gasteiger partial charge in [-0.25, -0.2) is 0 Å². The topological polar surface area (TPSA) is 36.9 Å². The first-order valence-electron chi connectivity index (χ1n) is 6.31. The summed E-state index contributed by atoms with van der Waals surface area (Å²) in [6.07, 6.45) is 5.15. The van der Waals surface area contributed by atoms with Crippen LogP contribution in [0.5, 0.6) is 0 Å². The Labute approximate surface area is 99.1 Å². The zero-order valence-electron chi connectivity index (χ0n) is 10.8. The van der Waals surface area contributed by atoms with E-state index in [1.54, 1.807) is 0 Å². The summed E-state index contributed by atoms with van der Waals surface area (Å²) in [4.78, 5) is 6.46. The fraction of sp³-hybridized carbons (Fsp3) is 0.917. The number of hydrogen-bond acceptors (Lipinski definition) is 2. The van der Waals surface area contributed by atoms with Crippen LogP contribution in [0.1, 0.15) is 32.6 Å². The van der Waals surface area contributed by atoms with Gasteiger partial charge in [0.15, 0.2) is 5.96 Å². The lowest BCUT2D eigenvalue weighted by molar-refractivity contribution is 0.113. The van der Waals surface area contributed by atoms with Gasteiger partial charge in [-0.15, -0.1) is 0 Å². The highest BCUT2D eigenvalue weighted by Crippen LogP contribution is 2.10. The second kappa shape index (κ2) is 7.49. The summed E-state index contributed by atoms with van der Waals surface area (Å²) in [6, 6.07) is 0. The van der Waals surface area contributed by atoms with Crippen LogP contribution in [0.15, 0.2) is 4.99 Å². The third kappa shape index (κ3) is 4.39. The highest BCUT2D eigenvalue weighted by molar-refractivity contribution is 5.79. The molecule has 1 fully saturated rings. The maximum absolute atomic E-state index is 5.57. The van der Waals surface area contributed by atoms with Crippen molar-refractivity contribution in [3.05, 3.63) is 0 Å². The molecule has 1 atom stereocenters. The number of nitrogens with one attached hydrogen (secondary N) is 1. The molecule has 0 aliphatic carbocycles. The minimum absolute atomic E-state index is 0.372. The third-order valence-electron chi connectivity index (χ3n) is 2.93. The Hall–Kier alpha value is -0.770. The molecule has 0 spiro atoms. The Morgan fingerprint density at radius 1 is 1.56 bits per heavy atom. The number of guanidine groups is 1. The first kappa shape index (κ1) is 13.3. The molecule has 1 heterocycles. The summed E-state index contributed by atoms with van der Waals surface area (Å²) >= 11 is 0. The molecule has 1 aliphatic rings. The first-order chi connectivity index (χ1) is 7.77. The lowest BCUT2D eigenvalue weighted by atomic mass is 10.2.